The molecule has 0 rings (SSSR count). The summed E-state index contributed by atoms with van der Waals surface area (Å²) in [5, 5.41) is 0. The lowest BCUT2D eigenvalue weighted by atomic mass is 10.1. The van der Waals surface area contributed by atoms with Crippen LogP contribution < -0.4 is 0 Å². The molecule has 0 amide bonds. The lowest BCUT2D eigenvalue weighted by Gasteiger charge is -2.18. The van der Waals surface area contributed by atoms with E-state index in [4.69, 9.17) is 19.3 Å². The third kappa shape index (κ3) is 20.3. The maximum atomic E-state index is 12.0. The van der Waals surface area contributed by atoms with Gasteiger partial charge in [0.15, 0.2) is 6.10 Å². The van der Waals surface area contributed by atoms with Crippen LogP contribution in [0, 0.1) is 0 Å². The summed E-state index contributed by atoms with van der Waals surface area (Å²) in [5.41, 5.74) is 0. The summed E-state index contributed by atoms with van der Waals surface area (Å²) >= 11 is 0. The van der Waals surface area contributed by atoms with Gasteiger partial charge in [-0.3, -0.25) is 14.1 Å². The molecule has 0 saturated carbocycles. The van der Waals surface area contributed by atoms with Crippen molar-refractivity contribution >= 4 is 19.8 Å². The number of ether oxygens (including phenoxy) is 2. The summed E-state index contributed by atoms with van der Waals surface area (Å²) in [7, 11) is -4.71. The zero-order chi connectivity index (χ0) is 22.7. The monoisotopic (exact) mass is 452 g/mol. The molecule has 0 aliphatic rings. The van der Waals surface area contributed by atoms with Crippen molar-refractivity contribution in [1.29, 1.82) is 0 Å². The second kappa shape index (κ2) is 18.8. The number of phosphoric ester groups is 1. The van der Waals surface area contributed by atoms with E-state index in [2.05, 4.69) is 11.4 Å². The van der Waals surface area contributed by atoms with Gasteiger partial charge in [0.25, 0.3) is 0 Å². The van der Waals surface area contributed by atoms with Crippen LogP contribution in [0.25, 0.3) is 0 Å². The summed E-state index contributed by atoms with van der Waals surface area (Å²) in [6.45, 7) is 3.40. The molecular formula is C21H41O8P. The molecule has 2 N–H and O–H groups in total. The van der Waals surface area contributed by atoms with Gasteiger partial charge in [0, 0.05) is 12.8 Å². The number of phosphoric acid groups is 1. The first-order valence-corrected chi connectivity index (χ1v) is 12.9. The van der Waals surface area contributed by atoms with E-state index in [0.717, 1.165) is 32.1 Å². The molecule has 8 nitrogen and oxygen atoms in total. The zero-order valence-corrected chi connectivity index (χ0v) is 19.6. The van der Waals surface area contributed by atoms with Gasteiger partial charge in [0.1, 0.15) is 6.61 Å². The lowest BCUT2D eigenvalue weighted by molar-refractivity contribution is -0.161. The van der Waals surface area contributed by atoms with Crippen LogP contribution in [0.4, 0.5) is 0 Å². The first kappa shape index (κ1) is 29.1. The van der Waals surface area contributed by atoms with Crippen molar-refractivity contribution < 1.29 is 37.9 Å². The summed E-state index contributed by atoms with van der Waals surface area (Å²) in [5.74, 6) is -0.918. The molecule has 0 aromatic carbocycles. The van der Waals surface area contributed by atoms with Gasteiger partial charge >= 0.3 is 19.8 Å². The van der Waals surface area contributed by atoms with E-state index in [-0.39, 0.29) is 19.4 Å². The fourth-order valence-electron chi connectivity index (χ4n) is 2.90. The van der Waals surface area contributed by atoms with Crippen LogP contribution in [0.5, 0.6) is 0 Å². The normalized spacial score (nSPS) is 12.5. The van der Waals surface area contributed by atoms with Crippen LogP contribution in [0.2, 0.25) is 0 Å². The Morgan fingerprint density at radius 2 is 1.20 bits per heavy atom. The number of unbranched alkanes of at least 4 members (excludes halogenated alkanes) is 10. The molecule has 9 heteroatoms. The fraction of sp³-hybridized carbons (Fsp3) is 0.905. The molecule has 0 fully saturated rings. The largest absolute Gasteiger partial charge is 0.469 e. The highest BCUT2D eigenvalue weighted by Crippen LogP contribution is 2.35. The molecule has 178 valence electrons. The number of esters is 2. The van der Waals surface area contributed by atoms with Gasteiger partial charge in [-0.25, -0.2) is 4.57 Å². The SMILES string of the molecule is CCCCCCCCCCCC(=O)O[C@H](COC(=O)CCCCC)COP(=O)(O)O. The minimum Gasteiger partial charge on any atom is -0.462 e. The molecule has 0 saturated heterocycles. The minimum absolute atomic E-state index is 0.215. The Hall–Kier alpha value is -0.950. The predicted octanol–water partition coefficient (Wildman–Crippen LogP) is 5.05. The third-order valence-electron chi connectivity index (χ3n) is 4.63. The number of carbonyl (C=O) groups excluding carboxylic acids is 2. The molecule has 0 spiro atoms. The number of hydrogen-bond donors (Lipinski definition) is 2. The Labute approximate surface area is 181 Å². The Morgan fingerprint density at radius 1 is 0.733 bits per heavy atom. The van der Waals surface area contributed by atoms with Crippen LogP contribution in [0.3, 0.4) is 0 Å². The summed E-state index contributed by atoms with van der Waals surface area (Å²) in [6.07, 6.45) is 12.1. The van der Waals surface area contributed by atoms with Crippen molar-refractivity contribution in [2.75, 3.05) is 13.2 Å². The maximum absolute atomic E-state index is 12.0. The van der Waals surface area contributed by atoms with Crippen LogP contribution in [-0.2, 0) is 28.2 Å². The van der Waals surface area contributed by atoms with Crippen molar-refractivity contribution in [2.24, 2.45) is 0 Å². The van der Waals surface area contributed by atoms with Crippen LogP contribution in [-0.4, -0.2) is 41.0 Å². The quantitative estimate of drug-likeness (QED) is 0.150. The first-order chi connectivity index (χ1) is 14.3. The molecule has 0 aliphatic heterocycles. The van der Waals surface area contributed by atoms with Gasteiger partial charge in [-0.05, 0) is 12.8 Å². The molecule has 0 heterocycles. The van der Waals surface area contributed by atoms with Crippen molar-refractivity contribution in [3.63, 3.8) is 0 Å². The molecular weight excluding hydrogens is 411 g/mol. The summed E-state index contributed by atoms with van der Waals surface area (Å²) < 4.78 is 25.6. The fourth-order valence-corrected chi connectivity index (χ4v) is 3.26. The maximum Gasteiger partial charge on any atom is 0.469 e. The minimum atomic E-state index is -4.71. The standard InChI is InChI=1S/C21H41O8P/c1-3-5-7-8-9-10-11-12-14-16-21(23)29-19(18-28-30(24,25)26)17-27-20(22)15-13-6-4-2/h19H,3-18H2,1-2H3,(H2,24,25,26)/t19-/m1/s1. The lowest BCUT2D eigenvalue weighted by Crippen LogP contribution is -2.29. The second-order valence-electron chi connectivity index (χ2n) is 7.62. The number of hydrogen-bond acceptors (Lipinski definition) is 6. The Morgan fingerprint density at radius 3 is 1.77 bits per heavy atom. The van der Waals surface area contributed by atoms with Crippen LogP contribution in [0.15, 0.2) is 0 Å². The predicted molar refractivity (Wildman–Crippen MR) is 115 cm³/mol. The summed E-state index contributed by atoms with van der Waals surface area (Å²) in [4.78, 5) is 41.4. The molecule has 1 atom stereocenters. The number of rotatable bonds is 20. The van der Waals surface area contributed by atoms with Crippen molar-refractivity contribution in [1.82, 2.24) is 0 Å². The Balaban J connectivity index is 4.13. The zero-order valence-electron chi connectivity index (χ0n) is 18.7. The Bertz CT molecular complexity index is 491. The van der Waals surface area contributed by atoms with Gasteiger partial charge < -0.3 is 19.3 Å². The highest BCUT2D eigenvalue weighted by molar-refractivity contribution is 7.46. The van der Waals surface area contributed by atoms with Gasteiger partial charge in [-0.1, -0.05) is 78.1 Å². The molecule has 0 radical (unpaired) electrons. The smallest absolute Gasteiger partial charge is 0.462 e. The van der Waals surface area contributed by atoms with E-state index in [1.807, 2.05) is 6.92 Å². The summed E-state index contributed by atoms with van der Waals surface area (Å²) in [6, 6.07) is 0. The second-order valence-corrected chi connectivity index (χ2v) is 8.86. The van der Waals surface area contributed by atoms with Gasteiger partial charge in [0.05, 0.1) is 6.61 Å². The van der Waals surface area contributed by atoms with Gasteiger partial charge in [-0.15, -0.1) is 0 Å². The van der Waals surface area contributed by atoms with E-state index in [1.165, 1.54) is 32.1 Å². The van der Waals surface area contributed by atoms with Crippen molar-refractivity contribution in [2.45, 2.75) is 110 Å². The van der Waals surface area contributed by atoms with Gasteiger partial charge in [-0.2, -0.15) is 0 Å². The molecule has 0 aliphatic carbocycles. The molecule has 0 bridgehead atoms. The average molecular weight is 453 g/mol. The molecule has 0 aromatic rings. The van der Waals surface area contributed by atoms with E-state index >= 15 is 0 Å². The average Bonchev–Trinajstić information content (AvgIpc) is 2.68. The first-order valence-electron chi connectivity index (χ1n) is 11.3. The number of carbonyl (C=O) groups is 2. The van der Waals surface area contributed by atoms with E-state index in [0.29, 0.717) is 12.8 Å². The Kier molecular flexibility index (Phi) is 18.2. The van der Waals surface area contributed by atoms with Gasteiger partial charge in [0.2, 0.25) is 0 Å². The highest BCUT2D eigenvalue weighted by atomic mass is 31.2. The van der Waals surface area contributed by atoms with Crippen LogP contribution >= 0.6 is 7.82 Å². The topological polar surface area (TPSA) is 119 Å². The molecule has 30 heavy (non-hydrogen) atoms. The van der Waals surface area contributed by atoms with Crippen LogP contribution in [0.1, 0.15) is 104 Å². The van der Waals surface area contributed by atoms with Crippen molar-refractivity contribution in [3.8, 4) is 0 Å². The van der Waals surface area contributed by atoms with E-state index in [9.17, 15) is 14.2 Å². The molecule has 0 unspecified atom stereocenters. The molecule has 0 aromatic heterocycles. The highest BCUT2D eigenvalue weighted by Gasteiger charge is 2.22. The van der Waals surface area contributed by atoms with E-state index < -0.39 is 32.5 Å². The van der Waals surface area contributed by atoms with E-state index in [1.54, 1.807) is 0 Å². The third-order valence-corrected chi connectivity index (χ3v) is 5.11. The van der Waals surface area contributed by atoms with Crippen molar-refractivity contribution in [3.05, 3.63) is 0 Å².